The average Bonchev–Trinajstić information content (AvgIpc) is 3.45. The molecule has 2 N–H and O–H groups in total. The summed E-state index contributed by atoms with van der Waals surface area (Å²) in [5.74, 6) is 2.42. The van der Waals surface area contributed by atoms with Gasteiger partial charge in [-0.15, -0.1) is 12.4 Å². The van der Waals surface area contributed by atoms with Gasteiger partial charge in [0.2, 0.25) is 5.95 Å². The summed E-state index contributed by atoms with van der Waals surface area (Å²) >= 11 is 6.28. The molecule has 0 amide bonds. The number of benzene rings is 2. The first-order valence-corrected chi connectivity index (χ1v) is 11.8. The summed E-state index contributed by atoms with van der Waals surface area (Å²) in [6.45, 7) is 4.90. The third-order valence-corrected chi connectivity index (χ3v) is 6.69. The number of hydrogen-bond donors (Lipinski definition) is 2. The smallest absolute Gasteiger partial charge is 0.252 e. The number of nitrogens with one attached hydrogen (secondary N) is 2. The molecule has 2 aromatic heterocycles. The highest BCUT2D eigenvalue weighted by Crippen LogP contribution is 2.40. The lowest BCUT2D eigenvalue weighted by atomic mass is 9.90. The average molecular weight is 511 g/mol. The largest absolute Gasteiger partial charge is 0.466 e. The van der Waals surface area contributed by atoms with Crippen LogP contribution in [0.3, 0.4) is 0 Å². The predicted octanol–water partition coefficient (Wildman–Crippen LogP) is 5.74. The fourth-order valence-corrected chi connectivity index (χ4v) is 4.87. The number of likely N-dealkylation sites (tertiary alicyclic amines) is 1. The van der Waals surface area contributed by atoms with Crippen LogP contribution in [-0.4, -0.2) is 28.0 Å². The Hall–Kier alpha value is -3.06. The Morgan fingerprint density at radius 1 is 1.06 bits per heavy atom. The molecular formula is C27H28Cl2N4O2. The second-order valence-electron chi connectivity index (χ2n) is 8.80. The van der Waals surface area contributed by atoms with Crippen molar-refractivity contribution in [2.24, 2.45) is 0 Å². The normalized spacial score (nSPS) is 17.8. The van der Waals surface area contributed by atoms with Crippen molar-refractivity contribution in [1.29, 1.82) is 0 Å². The maximum Gasteiger partial charge on any atom is 0.252 e. The Morgan fingerprint density at radius 2 is 1.80 bits per heavy atom. The highest BCUT2D eigenvalue weighted by molar-refractivity contribution is 6.31. The second-order valence-corrected chi connectivity index (χ2v) is 9.21. The van der Waals surface area contributed by atoms with Crippen LogP contribution in [0.15, 0.2) is 82.0 Å². The molecule has 4 aromatic rings. The fourth-order valence-electron chi connectivity index (χ4n) is 4.67. The summed E-state index contributed by atoms with van der Waals surface area (Å²) in [5, 5.41) is 3.90. The van der Waals surface area contributed by atoms with E-state index in [1.54, 1.807) is 6.07 Å². The minimum atomic E-state index is -0.178. The molecule has 35 heavy (non-hydrogen) atoms. The van der Waals surface area contributed by atoms with Crippen LogP contribution in [0.1, 0.15) is 40.2 Å². The highest BCUT2D eigenvalue weighted by atomic mass is 35.5. The Balaban J connectivity index is 0.00000289. The monoisotopic (exact) mass is 510 g/mol. The van der Waals surface area contributed by atoms with E-state index in [0.29, 0.717) is 17.5 Å². The molecule has 2 aromatic carbocycles. The van der Waals surface area contributed by atoms with Crippen LogP contribution in [0.25, 0.3) is 0 Å². The van der Waals surface area contributed by atoms with Gasteiger partial charge in [-0.05, 0) is 36.2 Å². The first kappa shape index (κ1) is 25.0. The van der Waals surface area contributed by atoms with E-state index in [1.807, 2.05) is 49.4 Å². The van der Waals surface area contributed by atoms with E-state index >= 15 is 0 Å². The minimum absolute atomic E-state index is 0. The van der Waals surface area contributed by atoms with Crippen molar-refractivity contribution in [2.75, 3.05) is 18.4 Å². The molecule has 0 spiro atoms. The van der Waals surface area contributed by atoms with Crippen molar-refractivity contribution in [3.05, 3.63) is 117 Å². The Bertz CT molecular complexity index is 1320. The van der Waals surface area contributed by atoms with Crippen LogP contribution < -0.4 is 10.9 Å². The van der Waals surface area contributed by atoms with Crippen molar-refractivity contribution < 1.29 is 4.42 Å². The lowest BCUT2D eigenvalue weighted by molar-refractivity contribution is 0.319. The molecule has 0 radical (unpaired) electrons. The summed E-state index contributed by atoms with van der Waals surface area (Å²) in [5.41, 5.74) is 2.79. The van der Waals surface area contributed by atoms with Gasteiger partial charge in [-0.1, -0.05) is 60.1 Å². The number of rotatable bonds is 7. The van der Waals surface area contributed by atoms with E-state index in [1.165, 1.54) is 5.56 Å². The number of furan rings is 1. The zero-order valence-corrected chi connectivity index (χ0v) is 21.0. The van der Waals surface area contributed by atoms with Gasteiger partial charge in [-0.2, -0.15) is 0 Å². The molecule has 6 nitrogen and oxygen atoms in total. The zero-order valence-electron chi connectivity index (χ0n) is 19.4. The van der Waals surface area contributed by atoms with E-state index in [4.69, 9.17) is 21.0 Å². The molecule has 1 aliphatic rings. The molecule has 8 heteroatoms. The summed E-state index contributed by atoms with van der Waals surface area (Å²) in [6.07, 6.45) is 0. The molecule has 2 unspecified atom stereocenters. The van der Waals surface area contributed by atoms with Crippen LogP contribution in [0.4, 0.5) is 5.95 Å². The van der Waals surface area contributed by atoms with Crippen molar-refractivity contribution in [3.8, 4) is 0 Å². The van der Waals surface area contributed by atoms with E-state index in [9.17, 15) is 4.79 Å². The van der Waals surface area contributed by atoms with Gasteiger partial charge in [-0.25, -0.2) is 4.98 Å². The van der Waals surface area contributed by atoms with Gasteiger partial charge in [0.25, 0.3) is 5.56 Å². The molecule has 1 saturated heterocycles. The summed E-state index contributed by atoms with van der Waals surface area (Å²) in [4.78, 5) is 22.6. The number of hydrogen-bond acceptors (Lipinski definition) is 5. The molecule has 0 aliphatic carbocycles. The Morgan fingerprint density at radius 3 is 2.54 bits per heavy atom. The number of aromatic amines is 1. The predicted molar refractivity (Wildman–Crippen MR) is 142 cm³/mol. The van der Waals surface area contributed by atoms with Gasteiger partial charge >= 0.3 is 0 Å². The summed E-state index contributed by atoms with van der Waals surface area (Å²) < 4.78 is 6.03. The molecule has 0 saturated carbocycles. The minimum Gasteiger partial charge on any atom is -0.466 e. The Kier molecular flexibility index (Phi) is 7.96. The molecular weight excluding hydrogens is 483 g/mol. The topological polar surface area (TPSA) is 74.2 Å². The van der Waals surface area contributed by atoms with Gasteiger partial charge in [0, 0.05) is 49.1 Å². The van der Waals surface area contributed by atoms with Crippen molar-refractivity contribution in [3.63, 3.8) is 0 Å². The first-order chi connectivity index (χ1) is 16.5. The van der Waals surface area contributed by atoms with Crippen LogP contribution in [0.5, 0.6) is 0 Å². The van der Waals surface area contributed by atoms with Crippen LogP contribution in [0, 0.1) is 6.92 Å². The van der Waals surface area contributed by atoms with Gasteiger partial charge in [0.15, 0.2) is 0 Å². The summed E-state index contributed by atoms with van der Waals surface area (Å²) in [7, 11) is 0. The first-order valence-electron chi connectivity index (χ1n) is 11.5. The standard InChI is InChI=1S/C27H27ClN4O2.ClH/c1-18-11-12-25(34-18)22-17-32(15-19-7-3-2-4-8-19)16-21(22)24-13-26(33)31-27(30-24)29-14-20-9-5-6-10-23(20)28;/h2-13,21-22H,14-17H2,1H3,(H2,29,30,31,33);1H. The molecule has 2 atom stereocenters. The van der Waals surface area contributed by atoms with E-state index in [0.717, 1.165) is 42.4 Å². The van der Waals surface area contributed by atoms with Gasteiger partial charge < -0.3 is 9.73 Å². The number of anilines is 1. The van der Waals surface area contributed by atoms with E-state index in [-0.39, 0.29) is 29.8 Å². The number of nitrogens with zero attached hydrogens (tertiary/aromatic N) is 2. The van der Waals surface area contributed by atoms with Crippen molar-refractivity contribution >= 4 is 30.0 Å². The van der Waals surface area contributed by atoms with E-state index in [2.05, 4.69) is 39.5 Å². The van der Waals surface area contributed by atoms with Gasteiger partial charge in [0.1, 0.15) is 11.5 Å². The Labute approximate surface area is 215 Å². The maximum atomic E-state index is 12.6. The number of aromatic nitrogens is 2. The third-order valence-electron chi connectivity index (χ3n) is 6.32. The number of H-pyrrole nitrogens is 1. The van der Waals surface area contributed by atoms with Crippen molar-refractivity contribution in [1.82, 2.24) is 14.9 Å². The lowest BCUT2D eigenvalue weighted by Gasteiger charge is -2.17. The van der Waals surface area contributed by atoms with Gasteiger partial charge in [-0.3, -0.25) is 14.7 Å². The second kappa shape index (κ2) is 11.1. The molecule has 0 bridgehead atoms. The molecule has 5 rings (SSSR count). The number of halogens is 2. The van der Waals surface area contributed by atoms with Crippen LogP contribution >= 0.6 is 24.0 Å². The molecule has 1 fully saturated rings. The number of aryl methyl sites for hydroxylation is 1. The van der Waals surface area contributed by atoms with Crippen molar-refractivity contribution in [2.45, 2.75) is 31.8 Å². The zero-order chi connectivity index (χ0) is 23.5. The summed E-state index contributed by atoms with van der Waals surface area (Å²) in [6, 6.07) is 23.7. The van der Waals surface area contributed by atoms with Crippen LogP contribution in [-0.2, 0) is 13.1 Å². The van der Waals surface area contributed by atoms with Gasteiger partial charge in [0.05, 0.1) is 5.69 Å². The SMILES string of the molecule is Cc1ccc(C2CN(Cc3ccccc3)CC2c2cc(=O)[nH]c(NCc3ccccc3Cl)n2)o1.Cl. The molecule has 3 heterocycles. The quantitative estimate of drug-likeness (QED) is 0.331. The van der Waals surface area contributed by atoms with Crippen LogP contribution in [0.2, 0.25) is 5.02 Å². The highest BCUT2D eigenvalue weighted by Gasteiger charge is 2.38. The molecule has 182 valence electrons. The van der Waals surface area contributed by atoms with E-state index < -0.39 is 0 Å². The molecule has 1 aliphatic heterocycles. The maximum absolute atomic E-state index is 12.6. The fraction of sp³-hybridized carbons (Fsp3) is 0.259. The lowest BCUT2D eigenvalue weighted by Crippen LogP contribution is -2.21. The third kappa shape index (κ3) is 5.96.